The number of carbonyl (C=O) groups excluding carboxylic acids is 1. The Morgan fingerprint density at radius 3 is 2.62 bits per heavy atom. The summed E-state index contributed by atoms with van der Waals surface area (Å²) in [6, 6.07) is 7.23. The Balaban J connectivity index is 1.64. The Labute approximate surface area is 153 Å². The summed E-state index contributed by atoms with van der Waals surface area (Å²) in [5.41, 5.74) is 0.613. The summed E-state index contributed by atoms with van der Waals surface area (Å²) in [7, 11) is 1.81. The number of aliphatic hydroxyl groups excluding tert-OH is 1. The van der Waals surface area contributed by atoms with Crippen molar-refractivity contribution in [2.75, 3.05) is 26.2 Å². The lowest BCUT2D eigenvalue weighted by molar-refractivity contribution is 0.0861. The third kappa shape index (κ3) is 4.31. The largest absolute Gasteiger partial charge is 0.390 e. The summed E-state index contributed by atoms with van der Waals surface area (Å²) in [5.74, 6) is -0.439. The van der Waals surface area contributed by atoms with E-state index in [1.165, 1.54) is 12.8 Å². The molecule has 1 atom stereocenters. The third-order valence-corrected chi connectivity index (χ3v) is 5.01. The van der Waals surface area contributed by atoms with Gasteiger partial charge in [0.25, 0.3) is 5.91 Å². The molecule has 0 saturated carbocycles. The molecule has 2 N–H and O–H groups in total. The number of para-hydroxylation sites is 1. The van der Waals surface area contributed by atoms with Crippen LogP contribution >= 0.6 is 0 Å². The number of carbonyl (C=O) groups is 1. The summed E-state index contributed by atoms with van der Waals surface area (Å²) in [6.07, 6.45) is 5.73. The number of rotatable bonds is 5. The average Bonchev–Trinajstić information content (AvgIpc) is 2.91. The number of aryl methyl sites for hydroxylation is 1. The van der Waals surface area contributed by atoms with E-state index in [9.17, 15) is 14.7 Å². The number of β-amino-alcohol motifs (C(OH)–C–C–N with tert-alkyl or cyclic N) is 1. The molecule has 2 aromatic rings. The van der Waals surface area contributed by atoms with Gasteiger partial charge in [-0.05, 0) is 38.1 Å². The first-order valence-corrected chi connectivity index (χ1v) is 9.33. The van der Waals surface area contributed by atoms with E-state index in [-0.39, 0.29) is 17.5 Å². The lowest BCUT2D eigenvalue weighted by Crippen LogP contribution is -2.41. The number of hydrogen-bond acceptors (Lipinski definition) is 4. The van der Waals surface area contributed by atoms with Gasteiger partial charge in [-0.1, -0.05) is 25.0 Å². The number of nitrogens with zero attached hydrogens (tertiary/aromatic N) is 2. The molecule has 140 valence electrons. The van der Waals surface area contributed by atoms with E-state index in [4.69, 9.17) is 0 Å². The molecule has 0 aliphatic carbocycles. The molecule has 0 bridgehead atoms. The molecule has 1 aliphatic rings. The van der Waals surface area contributed by atoms with Crippen molar-refractivity contribution in [1.82, 2.24) is 14.8 Å². The Hall–Kier alpha value is -2.18. The number of aliphatic hydroxyl groups is 1. The van der Waals surface area contributed by atoms with Gasteiger partial charge >= 0.3 is 0 Å². The van der Waals surface area contributed by atoms with E-state index in [0.29, 0.717) is 11.9 Å². The number of pyridine rings is 1. The summed E-state index contributed by atoms with van der Waals surface area (Å²) >= 11 is 0. The number of fused-ring (bicyclic) bond motifs is 1. The van der Waals surface area contributed by atoms with Crippen molar-refractivity contribution in [3.8, 4) is 0 Å². The van der Waals surface area contributed by atoms with Crippen LogP contribution in [0.5, 0.6) is 0 Å². The van der Waals surface area contributed by atoms with Crippen molar-refractivity contribution < 1.29 is 9.90 Å². The molecule has 1 fully saturated rings. The van der Waals surface area contributed by atoms with E-state index in [1.807, 2.05) is 19.2 Å². The summed E-state index contributed by atoms with van der Waals surface area (Å²) in [6.45, 7) is 2.69. The van der Waals surface area contributed by atoms with Gasteiger partial charge in [-0.3, -0.25) is 9.59 Å². The molecule has 1 aromatic carbocycles. The molecule has 26 heavy (non-hydrogen) atoms. The number of amides is 1. The second kappa shape index (κ2) is 8.47. The Kier molecular flexibility index (Phi) is 6.06. The number of likely N-dealkylation sites (tertiary alicyclic amines) is 1. The number of benzene rings is 1. The first-order valence-electron chi connectivity index (χ1n) is 9.33. The standard InChI is InChI=1S/C20H27N3O3/c1-22-14-17(19(25)16-8-4-5-9-18(16)22)20(26)21-12-15(24)13-23-10-6-2-3-7-11-23/h4-5,8-9,14-15,24H,2-3,6-7,10-13H2,1H3,(H,21,26). The van der Waals surface area contributed by atoms with Crippen LogP contribution in [0, 0.1) is 0 Å². The van der Waals surface area contributed by atoms with Gasteiger partial charge in [0, 0.05) is 31.7 Å². The molecule has 0 spiro atoms. The summed E-state index contributed by atoms with van der Waals surface area (Å²) in [5, 5.41) is 13.5. The van der Waals surface area contributed by atoms with Crippen LogP contribution in [0.3, 0.4) is 0 Å². The lowest BCUT2D eigenvalue weighted by atomic mass is 10.1. The van der Waals surface area contributed by atoms with Gasteiger partial charge < -0.3 is 19.9 Å². The fourth-order valence-electron chi connectivity index (χ4n) is 3.59. The second-order valence-corrected chi connectivity index (χ2v) is 7.08. The molecule has 1 amide bonds. The van der Waals surface area contributed by atoms with Crippen molar-refractivity contribution in [3.63, 3.8) is 0 Å². The van der Waals surface area contributed by atoms with Gasteiger partial charge in [0.05, 0.1) is 11.6 Å². The molecule has 2 heterocycles. The zero-order chi connectivity index (χ0) is 18.5. The molecule has 1 unspecified atom stereocenters. The summed E-state index contributed by atoms with van der Waals surface area (Å²) < 4.78 is 1.78. The van der Waals surface area contributed by atoms with Gasteiger partial charge in [-0.15, -0.1) is 0 Å². The zero-order valence-electron chi connectivity index (χ0n) is 15.3. The topological polar surface area (TPSA) is 74.6 Å². The van der Waals surface area contributed by atoms with Crippen molar-refractivity contribution in [3.05, 3.63) is 46.2 Å². The van der Waals surface area contributed by atoms with Crippen LogP contribution in [0.1, 0.15) is 36.0 Å². The van der Waals surface area contributed by atoms with Crippen LogP contribution in [0.25, 0.3) is 10.9 Å². The van der Waals surface area contributed by atoms with E-state index >= 15 is 0 Å². The molecule has 3 rings (SSSR count). The van der Waals surface area contributed by atoms with Crippen LogP contribution < -0.4 is 10.7 Å². The van der Waals surface area contributed by atoms with Crippen LogP contribution in [-0.4, -0.2) is 52.8 Å². The fourth-order valence-corrected chi connectivity index (χ4v) is 3.59. The molecule has 6 nitrogen and oxygen atoms in total. The lowest BCUT2D eigenvalue weighted by Gasteiger charge is -2.23. The molecule has 6 heteroatoms. The molecule has 1 saturated heterocycles. The van der Waals surface area contributed by atoms with Crippen molar-refractivity contribution in [2.45, 2.75) is 31.8 Å². The highest BCUT2D eigenvalue weighted by atomic mass is 16.3. The van der Waals surface area contributed by atoms with Crippen molar-refractivity contribution >= 4 is 16.8 Å². The zero-order valence-corrected chi connectivity index (χ0v) is 15.3. The highest BCUT2D eigenvalue weighted by molar-refractivity contribution is 5.97. The van der Waals surface area contributed by atoms with Crippen LogP contribution in [0.4, 0.5) is 0 Å². The van der Waals surface area contributed by atoms with Crippen molar-refractivity contribution in [2.24, 2.45) is 7.05 Å². The van der Waals surface area contributed by atoms with Gasteiger partial charge in [0.2, 0.25) is 5.43 Å². The number of aromatic nitrogens is 1. The van der Waals surface area contributed by atoms with E-state index in [1.54, 1.807) is 22.9 Å². The van der Waals surface area contributed by atoms with Crippen LogP contribution in [0.15, 0.2) is 35.3 Å². The Morgan fingerprint density at radius 1 is 1.19 bits per heavy atom. The molecular weight excluding hydrogens is 330 g/mol. The highest BCUT2D eigenvalue weighted by Crippen LogP contribution is 2.11. The minimum absolute atomic E-state index is 0.105. The second-order valence-electron chi connectivity index (χ2n) is 7.08. The molecule has 1 aliphatic heterocycles. The van der Waals surface area contributed by atoms with E-state index in [0.717, 1.165) is 31.4 Å². The Morgan fingerprint density at radius 2 is 1.88 bits per heavy atom. The quantitative estimate of drug-likeness (QED) is 0.851. The molecular formula is C20H27N3O3. The fraction of sp³-hybridized carbons (Fsp3) is 0.500. The summed E-state index contributed by atoms with van der Waals surface area (Å²) in [4.78, 5) is 27.3. The van der Waals surface area contributed by atoms with Gasteiger partial charge in [-0.25, -0.2) is 0 Å². The maximum atomic E-state index is 12.6. The minimum atomic E-state index is -0.638. The average molecular weight is 357 g/mol. The van der Waals surface area contributed by atoms with Crippen LogP contribution in [0.2, 0.25) is 0 Å². The van der Waals surface area contributed by atoms with E-state index < -0.39 is 12.0 Å². The first-order chi connectivity index (χ1) is 12.6. The number of hydrogen-bond donors (Lipinski definition) is 2. The maximum Gasteiger partial charge on any atom is 0.256 e. The van der Waals surface area contributed by atoms with Gasteiger partial charge in [-0.2, -0.15) is 0 Å². The first kappa shape index (κ1) is 18.6. The molecule has 0 radical (unpaired) electrons. The van der Waals surface area contributed by atoms with Crippen LogP contribution in [-0.2, 0) is 7.05 Å². The predicted octanol–water partition coefficient (Wildman–Crippen LogP) is 1.51. The SMILES string of the molecule is Cn1cc(C(=O)NCC(O)CN2CCCCCC2)c(=O)c2ccccc21. The van der Waals surface area contributed by atoms with E-state index in [2.05, 4.69) is 10.2 Å². The third-order valence-electron chi connectivity index (χ3n) is 5.01. The smallest absolute Gasteiger partial charge is 0.256 e. The van der Waals surface area contributed by atoms with Gasteiger partial charge in [0.15, 0.2) is 0 Å². The highest BCUT2D eigenvalue weighted by Gasteiger charge is 2.17. The molecule has 1 aromatic heterocycles. The number of nitrogens with one attached hydrogen (secondary N) is 1. The Bertz CT molecular complexity index is 823. The normalized spacial score (nSPS) is 17.0. The monoisotopic (exact) mass is 357 g/mol. The predicted molar refractivity (Wildman–Crippen MR) is 102 cm³/mol. The van der Waals surface area contributed by atoms with Crippen molar-refractivity contribution in [1.29, 1.82) is 0 Å². The maximum absolute atomic E-state index is 12.6. The van der Waals surface area contributed by atoms with Gasteiger partial charge in [0.1, 0.15) is 5.56 Å². The minimum Gasteiger partial charge on any atom is -0.390 e.